The fourth-order valence-corrected chi connectivity index (χ4v) is 5.38. The topological polar surface area (TPSA) is 102 Å². The number of piperazine rings is 1. The lowest BCUT2D eigenvalue weighted by Crippen LogP contribution is -2.65. The monoisotopic (exact) mass is 509 g/mol. The van der Waals surface area contributed by atoms with E-state index in [9.17, 15) is 19.4 Å². The van der Waals surface area contributed by atoms with Crippen molar-refractivity contribution in [3.63, 3.8) is 0 Å². The molecule has 1 aromatic carbocycles. The zero-order valence-corrected chi connectivity index (χ0v) is 21.9. The number of hydrogen-bond donors (Lipinski definition) is 2. The van der Waals surface area contributed by atoms with Gasteiger partial charge in [0.25, 0.3) is 0 Å². The van der Waals surface area contributed by atoms with Crippen LogP contribution in [-0.4, -0.2) is 75.7 Å². The Bertz CT molecular complexity index is 1390. The summed E-state index contributed by atoms with van der Waals surface area (Å²) in [5, 5.41) is 21.6. The van der Waals surface area contributed by atoms with E-state index in [1.165, 1.54) is 18.2 Å². The maximum atomic E-state index is 14.8. The molecule has 2 aliphatic rings. The minimum Gasteiger partial charge on any atom is -0.507 e. The molecule has 1 saturated heterocycles. The van der Waals surface area contributed by atoms with Crippen LogP contribution < -0.4 is 9.80 Å². The first kappa shape index (κ1) is 25.0. The zero-order chi connectivity index (χ0) is 26.8. The lowest BCUT2D eigenvalue weighted by Gasteiger charge is -2.51. The van der Waals surface area contributed by atoms with E-state index in [1.807, 2.05) is 27.7 Å². The van der Waals surface area contributed by atoms with Crippen LogP contribution >= 0.6 is 0 Å². The third-order valence-corrected chi connectivity index (χ3v) is 7.10. The molecule has 3 aromatic rings. The number of aliphatic hydroxyl groups is 1. The second-order valence-corrected chi connectivity index (χ2v) is 10.7. The molecule has 0 radical (unpaired) electrons. The summed E-state index contributed by atoms with van der Waals surface area (Å²) in [6.45, 7) is 10.3. The average Bonchev–Trinajstić information content (AvgIpc) is 2.82. The maximum Gasteiger partial charge on any atom is 0.410 e. The molecule has 196 valence electrons. The van der Waals surface area contributed by atoms with Crippen molar-refractivity contribution in [1.82, 2.24) is 14.9 Å². The van der Waals surface area contributed by atoms with Crippen LogP contribution in [0.4, 0.5) is 20.6 Å². The predicted octanol–water partition coefficient (Wildman–Crippen LogP) is 3.95. The number of pyridine rings is 2. The minimum absolute atomic E-state index is 0.0998. The van der Waals surface area contributed by atoms with Gasteiger partial charge >= 0.3 is 6.09 Å². The number of carbonyl (C=O) groups excluding carboxylic acids is 1. The molecular weight excluding hydrogens is 477 g/mol. The average molecular weight is 510 g/mol. The zero-order valence-electron chi connectivity index (χ0n) is 21.9. The number of ether oxygens (including phenoxy) is 1. The fraction of sp³-hybridized carbons (Fsp3) is 0.444. The summed E-state index contributed by atoms with van der Waals surface area (Å²) in [5.41, 5.74) is 3.97. The molecule has 0 saturated carbocycles. The number of anilines is 2. The molecule has 1 fully saturated rings. The number of phenols is 1. The molecule has 0 bridgehead atoms. The van der Waals surface area contributed by atoms with Crippen molar-refractivity contribution in [2.75, 3.05) is 36.5 Å². The van der Waals surface area contributed by atoms with Gasteiger partial charge in [-0.1, -0.05) is 6.07 Å². The van der Waals surface area contributed by atoms with Crippen molar-refractivity contribution in [3.05, 3.63) is 41.5 Å². The number of aromatic nitrogens is 2. The van der Waals surface area contributed by atoms with Crippen molar-refractivity contribution in [1.29, 1.82) is 0 Å². The third-order valence-electron chi connectivity index (χ3n) is 7.10. The lowest BCUT2D eigenvalue weighted by molar-refractivity contribution is 0.0146. The standard InChI is InChI=1S/C27H32FN5O4/c1-14-20(21-16(28)8-7-9-19(21)34)15(2)30-23-22(14)29-12-17-24(23)33-11-10-32(26(36)37-27(3,4)5)13-18(33)25(35)31(17)6/h7-9,12,18,25,34-35H,10-11,13H2,1-6H3/t18-,25?/m1/s1. The van der Waals surface area contributed by atoms with Crippen LogP contribution in [0.5, 0.6) is 5.75 Å². The Hall–Kier alpha value is -3.66. The number of hydrogen-bond acceptors (Lipinski definition) is 8. The number of amides is 1. The van der Waals surface area contributed by atoms with Crippen LogP contribution in [0, 0.1) is 19.7 Å². The second-order valence-electron chi connectivity index (χ2n) is 10.7. The normalized spacial score (nSPS) is 19.6. The summed E-state index contributed by atoms with van der Waals surface area (Å²) in [5.74, 6) is -0.696. The van der Waals surface area contributed by atoms with Crippen LogP contribution in [0.15, 0.2) is 24.4 Å². The van der Waals surface area contributed by atoms with Gasteiger partial charge < -0.3 is 29.6 Å². The molecule has 2 aromatic heterocycles. The molecule has 1 unspecified atom stereocenters. The highest BCUT2D eigenvalue weighted by atomic mass is 19.1. The van der Waals surface area contributed by atoms with Gasteiger partial charge in [-0.2, -0.15) is 0 Å². The highest BCUT2D eigenvalue weighted by Crippen LogP contribution is 2.45. The smallest absolute Gasteiger partial charge is 0.410 e. The van der Waals surface area contributed by atoms with E-state index < -0.39 is 29.8 Å². The molecule has 4 heterocycles. The first-order valence-electron chi connectivity index (χ1n) is 12.3. The fourth-order valence-electron chi connectivity index (χ4n) is 5.38. The van der Waals surface area contributed by atoms with E-state index in [4.69, 9.17) is 9.72 Å². The summed E-state index contributed by atoms with van der Waals surface area (Å²) in [4.78, 5) is 27.7. The number of fused-ring (bicyclic) bond motifs is 5. The van der Waals surface area contributed by atoms with Crippen molar-refractivity contribution >= 4 is 28.5 Å². The summed E-state index contributed by atoms with van der Waals surface area (Å²) < 4.78 is 20.4. The Morgan fingerprint density at radius 3 is 2.57 bits per heavy atom. The third kappa shape index (κ3) is 4.09. The van der Waals surface area contributed by atoms with E-state index in [0.717, 1.165) is 11.4 Å². The Balaban J connectivity index is 1.62. The van der Waals surface area contributed by atoms with Crippen LogP contribution in [0.1, 0.15) is 32.0 Å². The summed E-state index contributed by atoms with van der Waals surface area (Å²) >= 11 is 0. The number of aliphatic hydroxyl groups excluding tert-OH is 1. The van der Waals surface area contributed by atoms with Gasteiger partial charge in [0.2, 0.25) is 0 Å². The molecule has 2 atom stereocenters. The molecule has 0 spiro atoms. The minimum atomic E-state index is -0.881. The molecule has 0 aliphatic carbocycles. The molecule has 9 nitrogen and oxygen atoms in total. The van der Waals surface area contributed by atoms with E-state index in [2.05, 4.69) is 9.88 Å². The van der Waals surface area contributed by atoms with Gasteiger partial charge in [0.15, 0.2) is 0 Å². The van der Waals surface area contributed by atoms with Gasteiger partial charge in [-0.05, 0) is 52.3 Å². The molecule has 2 aliphatic heterocycles. The van der Waals surface area contributed by atoms with Gasteiger partial charge in [-0.3, -0.25) is 4.98 Å². The molecule has 10 heteroatoms. The number of phenolic OH excluding ortho intramolecular Hbond substituents is 1. The Labute approximate surface area is 215 Å². The van der Waals surface area contributed by atoms with Crippen LogP contribution in [0.25, 0.3) is 22.2 Å². The van der Waals surface area contributed by atoms with Crippen molar-refractivity contribution in [3.8, 4) is 16.9 Å². The molecular formula is C27H32FN5O4. The summed E-state index contributed by atoms with van der Waals surface area (Å²) in [7, 11) is 1.78. The quantitative estimate of drug-likeness (QED) is 0.509. The number of likely N-dealkylation sites (N-methyl/N-ethyl adjacent to an activating group) is 1. The van der Waals surface area contributed by atoms with E-state index in [1.54, 1.807) is 30.0 Å². The Morgan fingerprint density at radius 2 is 1.89 bits per heavy atom. The predicted molar refractivity (Wildman–Crippen MR) is 139 cm³/mol. The lowest BCUT2D eigenvalue weighted by atomic mass is 9.95. The van der Waals surface area contributed by atoms with Gasteiger partial charge in [0, 0.05) is 37.9 Å². The van der Waals surface area contributed by atoms with Crippen LogP contribution in [-0.2, 0) is 4.74 Å². The summed E-state index contributed by atoms with van der Waals surface area (Å²) in [6, 6.07) is 3.80. The number of aromatic hydroxyl groups is 1. The number of nitrogens with zero attached hydrogens (tertiary/aromatic N) is 5. The van der Waals surface area contributed by atoms with Gasteiger partial charge in [-0.15, -0.1) is 0 Å². The van der Waals surface area contributed by atoms with Crippen LogP contribution in [0.3, 0.4) is 0 Å². The Kier molecular flexibility index (Phi) is 5.90. The number of rotatable bonds is 1. The second kappa shape index (κ2) is 8.72. The van der Waals surface area contributed by atoms with Crippen molar-refractivity contribution in [2.45, 2.75) is 52.5 Å². The van der Waals surface area contributed by atoms with Crippen molar-refractivity contribution in [2.24, 2.45) is 0 Å². The number of halogens is 1. The number of carbonyl (C=O) groups is 1. The Morgan fingerprint density at radius 1 is 1.16 bits per heavy atom. The van der Waals surface area contributed by atoms with Crippen molar-refractivity contribution < 1.29 is 24.1 Å². The SMILES string of the molecule is Cc1nc2c3c(cnc2c(C)c1-c1c(O)cccc1F)N(C)C(O)[C@H]1CN(C(=O)OC(C)(C)C)CCN31. The number of aryl methyl sites for hydroxylation is 2. The van der Waals surface area contributed by atoms with Crippen LogP contribution in [0.2, 0.25) is 0 Å². The molecule has 1 amide bonds. The largest absolute Gasteiger partial charge is 0.507 e. The maximum absolute atomic E-state index is 14.8. The molecule has 2 N–H and O–H groups in total. The van der Waals surface area contributed by atoms with E-state index in [-0.39, 0.29) is 17.9 Å². The molecule has 37 heavy (non-hydrogen) atoms. The highest BCUT2D eigenvalue weighted by Gasteiger charge is 2.43. The van der Waals surface area contributed by atoms with Gasteiger partial charge in [-0.25, -0.2) is 14.2 Å². The van der Waals surface area contributed by atoms with E-state index in [0.29, 0.717) is 40.9 Å². The number of benzene rings is 1. The highest BCUT2D eigenvalue weighted by molar-refractivity contribution is 6.01. The first-order chi connectivity index (χ1) is 17.4. The van der Waals surface area contributed by atoms with Gasteiger partial charge in [0.05, 0.1) is 34.7 Å². The van der Waals surface area contributed by atoms with E-state index >= 15 is 0 Å². The van der Waals surface area contributed by atoms with Gasteiger partial charge in [0.1, 0.15) is 28.9 Å². The molecule has 5 rings (SSSR count). The first-order valence-corrected chi connectivity index (χ1v) is 12.3. The summed E-state index contributed by atoms with van der Waals surface area (Å²) in [6.07, 6.45) is 0.396.